The number of thiophene rings is 1. The van der Waals surface area contributed by atoms with Crippen LogP contribution < -0.4 is 11.0 Å². The largest absolute Gasteiger partial charge is 0.385 e. The lowest BCUT2D eigenvalue weighted by Crippen LogP contribution is -2.17. The molecular formula is C19H20N4O2S. The fourth-order valence-electron chi connectivity index (χ4n) is 3.18. The number of nitrogens with one attached hydrogen (secondary N) is 2. The third kappa shape index (κ3) is 3.16. The van der Waals surface area contributed by atoms with E-state index in [2.05, 4.69) is 50.5 Å². The Hall–Kier alpha value is -2.48. The van der Waals surface area contributed by atoms with Crippen molar-refractivity contribution in [2.45, 2.75) is 13.0 Å². The minimum Gasteiger partial charge on any atom is -0.385 e. The van der Waals surface area contributed by atoms with Gasteiger partial charge in [0.15, 0.2) is 5.65 Å². The summed E-state index contributed by atoms with van der Waals surface area (Å²) in [6.45, 7) is 2.34. The first kappa shape index (κ1) is 17.0. The molecule has 3 heterocycles. The predicted molar refractivity (Wildman–Crippen MR) is 105 cm³/mol. The van der Waals surface area contributed by atoms with Crippen LogP contribution in [0.4, 0.5) is 0 Å². The Kier molecular flexibility index (Phi) is 4.83. The van der Waals surface area contributed by atoms with Gasteiger partial charge in [-0.25, -0.2) is 14.3 Å². The lowest BCUT2D eigenvalue weighted by atomic mass is 10.0. The quantitative estimate of drug-likeness (QED) is 0.492. The zero-order valence-corrected chi connectivity index (χ0v) is 15.3. The summed E-state index contributed by atoms with van der Waals surface area (Å²) in [7, 11) is 1.71. The van der Waals surface area contributed by atoms with Crippen LogP contribution in [0.5, 0.6) is 0 Å². The van der Waals surface area contributed by atoms with Gasteiger partial charge in [-0.1, -0.05) is 12.1 Å². The highest BCUT2D eigenvalue weighted by molar-refractivity contribution is 7.08. The van der Waals surface area contributed by atoms with Gasteiger partial charge >= 0.3 is 5.69 Å². The number of pyridine rings is 1. The molecule has 0 saturated carbocycles. The predicted octanol–water partition coefficient (Wildman–Crippen LogP) is 3.03. The van der Waals surface area contributed by atoms with Crippen molar-refractivity contribution in [2.24, 2.45) is 0 Å². The molecule has 3 aromatic heterocycles. The molecule has 0 saturated heterocycles. The zero-order valence-electron chi connectivity index (χ0n) is 14.5. The van der Waals surface area contributed by atoms with Crippen LogP contribution in [0.15, 0.2) is 45.9 Å². The van der Waals surface area contributed by atoms with E-state index in [1.54, 1.807) is 22.8 Å². The van der Waals surface area contributed by atoms with Crippen molar-refractivity contribution >= 4 is 27.9 Å². The number of fused-ring (bicyclic) bond motifs is 3. The molecule has 4 aromatic rings. The van der Waals surface area contributed by atoms with Crippen molar-refractivity contribution in [1.82, 2.24) is 19.9 Å². The first-order chi connectivity index (χ1) is 12.8. The number of methoxy groups -OCH3 is 1. The van der Waals surface area contributed by atoms with Crippen LogP contribution in [0.3, 0.4) is 0 Å². The topological polar surface area (TPSA) is 71.4 Å². The van der Waals surface area contributed by atoms with Crippen LogP contribution in [-0.2, 0) is 11.3 Å². The van der Waals surface area contributed by atoms with E-state index in [0.717, 1.165) is 53.7 Å². The lowest BCUT2D eigenvalue weighted by Gasteiger charge is -2.11. The van der Waals surface area contributed by atoms with Crippen molar-refractivity contribution in [2.75, 3.05) is 20.3 Å². The third-order valence-corrected chi connectivity index (χ3v) is 5.14. The number of hydrogen-bond donors (Lipinski definition) is 2. The summed E-state index contributed by atoms with van der Waals surface area (Å²) in [6.07, 6.45) is 0.959. The van der Waals surface area contributed by atoms with Crippen molar-refractivity contribution in [3.05, 3.63) is 57.1 Å². The Morgan fingerprint density at radius 3 is 3.00 bits per heavy atom. The van der Waals surface area contributed by atoms with Crippen molar-refractivity contribution in [3.8, 4) is 11.1 Å². The Balaban J connectivity index is 1.78. The Morgan fingerprint density at radius 2 is 2.19 bits per heavy atom. The maximum atomic E-state index is 12.3. The summed E-state index contributed by atoms with van der Waals surface area (Å²) in [5.41, 5.74) is 4.67. The summed E-state index contributed by atoms with van der Waals surface area (Å²) in [6, 6.07) is 10.3. The van der Waals surface area contributed by atoms with E-state index in [1.807, 2.05) is 6.07 Å². The smallest absolute Gasteiger partial charge is 0.348 e. The molecule has 0 aliphatic rings. The molecule has 0 unspecified atom stereocenters. The fraction of sp³-hybridized carbons (Fsp3) is 0.263. The highest BCUT2D eigenvalue weighted by Gasteiger charge is 2.11. The van der Waals surface area contributed by atoms with Gasteiger partial charge in [-0.05, 0) is 58.6 Å². The Labute approximate surface area is 154 Å². The van der Waals surface area contributed by atoms with E-state index in [0.29, 0.717) is 5.65 Å². The molecule has 0 aliphatic heterocycles. The van der Waals surface area contributed by atoms with Crippen LogP contribution in [0.2, 0.25) is 0 Å². The Morgan fingerprint density at radius 1 is 1.27 bits per heavy atom. The highest BCUT2D eigenvalue weighted by Crippen LogP contribution is 2.28. The first-order valence-electron chi connectivity index (χ1n) is 8.53. The fourth-order valence-corrected chi connectivity index (χ4v) is 3.84. The van der Waals surface area contributed by atoms with Gasteiger partial charge in [-0.3, -0.25) is 0 Å². The molecule has 4 rings (SSSR count). The summed E-state index contributed by atoms with van der Waals surface area (Å²) in [5, 5.41) is 15.4. The van der Waals surface area contributed by atoms with Gasteiger partial charge < -0.3 is 10.1 Å². The maximum Gasteiger partial charge on any atom is 0.348 e. The normalized spacial score (nSPS) is 11.6. The number of ether oxygens (including phenoxy) is 1. The molecule has 6 nitrogen and oxygen atoms in total. The van der Waals surface area contributed by atoms with Crippen LogP contribution in [0.1, 0.15) is 12.0 Å². The summed E-state index contributed by atoms with van der Waals surface area (Å²) >= 11 is 1.66. The number of H-pyrrole nitrogens is 1. The van der Waals surface area contributed by atoms with E-state index in [4.69, 9.17) is 4.74 Å². The van der Waals surface area contributed by atoms with Gasteiger partial charge in [0.05, 0.1) is 5.52 Å². The molecule has 134 valence electrons. The molecule has 0 atom stereocenters. The van der Waals surface area contributed by atoms with E-state index in [1.165, 1.54) is 0 Å². The molecule has 1 aromatic carbocycles. The number of aromatic nitrogens is 3. The SMILES string of the molecule is COCCCNCc1cc2n[nH]c(=O)n2c2cc(-c3ccsc3)ccc12. The summed E-state index contributed by atoms with van der Waals surface area (Å²) < 4.78 is 6.72. The molecule has 7 heteroatoms. The molecule has 0 amide bonds. The van der Waals surface area contributed by atoms with Crippen LogP contribution in [0.25, 0.3) is 27.7 Å². The van der Waals surface area contributed by atoms with E-state index < -0.39 is 0 Å². The number of benzene rings is 1. The second-order valence-corrected chi connectivity index (χ2v) is 6.94. The van der Waals surface area contributed by atoms with Gasteiger partial charge in [0.2, 0.25) is 0 Å². The summed E-state index contributed by atoms with van der Waals surface area (Å²) in [4.78, 5) is 12.3. The molecule has 0 spiro atoms. The van der Waals surface area contributed by atoms with Gasteiger partial charge in [0, 0.05) is 25.6 Å². The molecule has 0 fully saturated rings. The number of rotatable bonds is 7. The average molecular weight is 368 g/mol. The monoisotopic (exact) mass is 368 g/mol. The number of hydrogen-bond acceptors (Lipinski definition) is 5. The Bertz CT molecular complexity index is 1080. The van der Waals surface area contributed by atoms with E-state index >= 15 is 0 Å². The third-order valence-electron chi connectivity index (χ3n) is 4.46. The summed E-state index contributed by atoms with van der Waals surface area (Å²) in [5.74, 6) is 0. The lowest BCUT2D eigenvalue weighted by molar-refractivity contribution is 0.194. The van der Waals surface area contributed by atoms with Gasteiger partial charge in [-0.2, -0.15) is 16.4 Å². The van der Waals surface area contributed by atoms with Crippen molar-refractivity contribution in [3.63, 3.8) is 0 Å². The van der Waals surface area contributed by atoms with Crippen LogP contribution >= 0.6 is 11.3 Å². The van der Waals surface area contributed by atoms with Gasteiger partial charge in [0.1, 0.15) is 0 Å². The van der Waals surface area contributed by atoms with Crippen LogP contribution in [-0.4, -0.2) is 34.9 Å². The second kappa shape index (κ2) is 7.41. The van der Waals surface area contributed by atoms with Crippen LogP contribution in [0, 0.1) is 0 Å². The van der Waals surface area contributed by atoms with E-state index in [9.17, 15) is 4.79 Å². The minimum absolute atomic E-state index is 0.216. The molecule has 2 N–H and O–H groups in total. The molecular weight excluding hydrogens is 348 g/mol. The number of aromatic amines is 1. The van der Waals surface area contributed by atoms with Gasteiger partial charge in [-0.15, -0.1) is 0 Å². The maximum absolute atomic E-state index is 12.3. The molecule has 0 radical (unpaired) electrons. The average Bonchev–Trinajstić information content (AvgIpc) is 3.31. The first-order valence-corrected chi connectivity index (χ1v) is 9.47. The molecule has 0 aliphatic carbocycles. The molecule has 0 bridgehead atoms. The minimum atomic E-state index is -0.216. The second-order valence-electron chi connectivity index (χ2n) is 6.16. The van der Waals surface area contributed by atoms with Gasteiger partial charge in [0.25, 0.3) is 0 Å². The zero-order chi connectivity index (χ0) is 17.9. The van der Waals surface area contributed by atoms with Crippen molar-refractivity contribution < 1.29 is 4.74 Å². The highest BCUT2D eigenvalue weighted by atomic mass is 32.1. The number of nitrogens with zero attached hydrogens (tertiary/aromatic N) is 2. The standard InChI is InChI=1S/C19H20N4O2S/c1-25-7-2-6-20-11-15-10-18-21-22-19(24)23(18)17-9-13(3-4-16(15)17)14-5-8-26-12-14/h3-5,8-10,12,20H,2,6-7,11H2,1H3,(H,22,24). The van der Waals surface area contributed by atoms with E-state index in [-0.39, 0.29) is 5.69 Å². The molecule has 26 heavy (non-hydrogen) atoms. The van der Waals surface area contributed by atoms with Crippen molar-refractivity contribution in [1.29, 1.82) is 0 Å².